The Labute approximate surface area is 229 Å². The summed E-state index contributed by atoms with van der Waals surface area (Å²) in [6.45, 7) is 0. The van der Waals surface area contributed by atoms with Crippen molar-refractivity contribution in [1.82, 2.24) is 10.6 Å². The van der Waals surface area contributed by atoms with Crippen LogP contribution in [-0.4, -0.2) is 22.0 Å². The zero-order valence-electron chi connectivity index (χ0n) is 19.8. The molecule has 0 atom stereocenters. The predicted octanol–water partition coefficient (Wildman–Crippen LogP) is 5.91. The summed E-state index contributed by atoms with van der Waals surface area (Å²) in [6.07, 6.45) is 0. The summed E-state index contributed by atoms with van der Waals surface area (Å²) in [5, 5.41) is 11.0. The van der Waals surface area contributed by atoms with Gasteiger partial charge in [-0.1, -0.05) is 36.4 Å². The first-order valence-electron chi connectivity index (χ1n) is 11.2. The van der Waals surface area contributed by atoms with E-state index < -0.39 is 0 Å². The average molecular weight is 549 g/mol. The first-order chi connectivity index (χ1) is 18.3. The highest BCUT2D eigenvalue weighted by molar-refractivity contribution is 7.80. The van der Waals surface area contributed by atoms with Gasteiger partial charge in [0.1, 0.15) is 11.6 Å². The normalized spacial score (nSPS) is 9.74. The number of hydrogen-bond acceptors (Lipinski definition) is 4. The lowest BCUT2D eigenvalue weighted by Crippen LogP contribution is -2.34. The van der Waals surface area contributed by atoms with Crippen LogP contribution in [0.5, 0.6) is 0 Å². The highest BCUT2D eigenvalue weighted by Crippen LogP contribution is 2.09. The van der Waals surface area contributed by atoms with E-state index in [0.29, 0.717) is 22.5 Å². The number of amides is 2. The Kier molecular flexibility index (Phi) is 10.5. The van der Waals surface area contributed by atoms with Gasteiger partial charge in [-0.25, -0.2) is 8.78 Å². The average Bonchev–Trinajstić information content (AvgIpc) is 2.92. The molecule has 0 heterocycles. The minimum atomic E-state index is -0.329. The third-order valence-corrected chi connectivity index (χ3v) is 5.14. The maximum Gasteiger partial charge on any atom is 0.257 e. The third kappa shape index (κ3) is 9.49. The lowest BCUT2D eigenvalue weighted by atomic mass is 10.2. The molecule has 4 N–H and O–H groups in total. The van der Waals surface area contributed by atoms with Gasteiger partial charge in [-0.3, -0.25) is 20.2 Å². The Balaban J connectivity index is 0.000000211. The van der Waals surface area contributed by atoms with E-state index in [9.17, 15) is 18.4 Å². The van der Waals surface area contributed by atoms with Crippen LogP contribution >= 0.6 is 24.4 Å². The van der Waals surface area contributed by atoms with Crippen molar-refractivity contribution in [3.8, 4) is 0 Å². The summed E-state index contributed by atoms with van der Waals surface area (Å²) in [6, 6.07) is 28.9. The SMILES string of the molecule is O=C(NC(=S)Nc1ccc(F)cc1)c1ccccc1.O=C(NC(=S)Nc1ccc(F)cc1)c1ccccc1. The van der Waals surface area contributed by atoms with Crippen LogP contribution in [0.1, 0.15) is 20.7 Å². The van der Waals surface area contributed by atoms with Crippen LogP contribution in [0.4, 0.5) is 20.2 Å². The Bertz CT molecular complexity index is 1280. The maximum absolute atomic E-state index is 12.7. The Morgan fingerprint density at radius 1 is 0.500 bits per heavy atom. The summed E-state index contributed by atoms with van der Waals surface area (Å²) < 4.78 is 25.5. The molecule has 0 radical (unpaired) electrons. The highest BCUT2D eigenvalue weighted by Gasteiger charge is 2.08. The molecule has 0 saturated heterocycles. The molecule has 0 aliphatic heterocycles. The molecule has 4 aromatic carbocycles. The standard InChI is InChI=1S/2C14H11FN2OS/c2*15-11-6-8-12(9-7-11)16-14(19)17-13(18)10-4-2-1-3-5-10/h2*1-9H,(H2,16,17,18,19). The fraction of sp³-hybridized carbons (Fsp3) is 0. The fourth-order valence-corrected chi connectivity index (χ4v) is 3.34. The molecule has 0 spiro atoms. The molecule has 0 saturated carbocycles. The first-order valence-corrected chi connectivity index (χ1v) is 12.0. The first kappa shape index (κ1) is 28.0. The van der Waals surface area contributed by atoms with E-state index >= 15 is 0 Å². The summed E-state index contributed by atoms with van der Waals surface area (Å²) in [5.74, 6) is -1.24. The van der Waals surface area contributed by atoms with Crippen molar-refractivity contribution < 1.29 is 18.4 Å². The van der Waals surface area contributed by atoms with E-state index in [-0.39, 0.29) is 33.7 Å². The quantitative estimate of drug-likeness (QED) is 0.238. The molecule has 0 aromatic heterocycles. The Morgan fingerprint density at radius 2 is 0.816 bits per heavy atom. The molecule has 0 aliphatic rings. The van der Waals surface area contributed by atoms with Crippen LogP contribution in [0, 0.1) is 11.6 Å². The van der Waals surface area contributed by atoms with Crippen LogP contribution in [-0.2, 0) is 0 Å². The molecule has 4 aromatic rings. The van der Waals surface area contributed by atoms with Crippen molar-refractivity contribution in [3.63, 3.8) is 0 Å². The van der Waals surface area contributed by atoms with Crippen LogP contribution < -0.4 is 21.3 Å². The van der Waals surface area contributed by atoms with Crippen molar-refractivity contribution >= 4 is 57.8 Å². The number of hydrogen-bond donors (Lipinski definition) is 4. The third-order valence-electron chi connectivity index (χ3n) is 4.73. The molecule has 0 aliphatic carbocycles. The second-order valence-corrected chi connectivity index (χ2v) is 8.38. The summed E-state index contributed by atoms with van der Waals surface area (Å²) >= 11 is 10.0. The number of halogens is 2. The van der Waals surface area contributed by atoms with Gasteiger partial charge >= 0.3 is 0 Å². The summed E-state index contributed by atoms with van der Waals surface area (Å²) in [5.41, 5.74) is 2.26. The van der Waals surface area contributed by atoms with Gasteiger partial charge in [-0.05, 0) is 97.2 Å². The molecule has 38 heavy (non-hydrogen) atoms. The summed E-state index contributed by atoms with van der Waals surface area (Å²) in [7, 11) is 0. The van der Waals surface area contributed by atoms with Gasteiger partial charge in [-0.2, -0.15) is 0 Å². The second-order valence-electron chi connectivity index (χ2n) is 7.56. The van der Waals surface area contributed by atoms with Gasteiger partial charge < -0.3 is 10.6 Å². The van der Waals surface area contributed by atoms with E-state index in [0.717, 1.165) is 0 Å². The van der Waals surface area contributed by atoms with E-state index in [1.165, 1.54) is 48.5 Å². The monoisotopic (exact) mass is 548 g/mol. The smallest absolute Gasteiger partial charge is 0.257 e. The van der Waals surface area contributed by atoms with Gasteiger partial charge in [0.25, 0.3) is 11.8 Å². The molecule has 6 nitrogen and oxygen atoms in total. The molecule has 2 amide bonds. The van der Waals surface area contributed by atoms with Crippen molar-refractivity contribution in [2.24, 2.45) is 0 Å². The zero-order chi connectivity index (χ0) is 27.3. The Hall–Kier alpha value is -4.54. The number of anilines is 2. The van der Waals surface area contributed by atoms with Crippen LogP contribution in [0.15, 0.2) is 109 Å². The molecule has 192 valence electrons. The van der Waals surface area contributed by atoms with Gasteiger partial charge in [0.2, 0.25) is 0 Å². The van der Waals surface area contributed by atoms with Crippen molar-refractivity contribution in [2.45, 2.75) is 0 Å². The number of nitrogens with one attached hydrogen (secondary N) is 4. The number of carbonyl (C=O) groups excluding carboxylic acids is 2. The Morgan fingerprint density at radius 3 is 1.13 bits per heavy atom. The number of thiocarbonyl (C=S) groups is 2. The van der Waals surface area contributed by atoms with Crippen molar-refractivity contribution in [1.29, 1.82) is 0 Å². The molecule has 0 fully saturated rings. The minimum Gasteiger partial charge on any atom is -0.332 e. The van der Waals surface area contributed by atoms with Crippen LogP contribution in [0.2, 0.25) is 0 Å². The lowest BCUT2D eigenvalue weighted by Gasteiger charge is -2.09. The molecule has 0 bridgehead atoms. The summed E-state index contributed by atoms with van der Waals surface area (Å²) in [4.78, 5) is 23.6. The lowest BCUT2D eigenvalue weighted by molar-refractivity contribution is 0.0969. The van der Waals surface area contributed by atoms with E-state index in [2.05, 4.69) is 21.3 Å². The van der Waals surface area contributed by atoms with E-state index in [1.807, 2.05) is 12.1 Å². The van der Waals surface area contributed by atoms with E-state index in [4.69, 9.17) is 24.4 Å². The topological polar surface area (TPSA) is 82.3 Å². The molecular weight excluding hydrogens is 526 g/mol. The van der Waals surface area contributed by atoms with Crippen LogP contribution in [0.3, 0.4) is 0 Å². The van der Waals surface area contributed by atoms with Crippen molar-refractivity contribution in [3.05, 3.63) is 132 Å². The largest absolute Gasteiger partial charge is 0.332 e. The van der Waals surface area contributed by atoms with Gasteiger partial charge in [-0.15, -0.1) is 0 Å². The fourth-order valence-electron chi connectivity index (χ4n) is 2.92. The highest BCUT2D eigenvalue weighted by atomic mass is 32.1. The number of benzene rings is 4. The molecule has 4 rings (SSSR count). The van der Waals surface area contributed by atoms with Crippen molar-refractivity contribution in [2.75, 3.05) is 10.6 Å². The number of rotatable bonds is 4. The van der Waals surface area contributed by atoms with Gasteiger partial charge in [0.15, 0.2) is 10.2 Å². The minimum absolute atomic E-state index is 0.167. The number of carbonyl (C=O) groups is 2. The predicted molar refractivity (Wildman–Crippen MR) is 153 cm³/mol. The molecular formula is C28H22F2N4O2S2. The van der Waals surface area contributed by atoms with Crippen LogP contribution in [0.25, 0.3) is 0 Å². The molecule has 0 unspecified atom stereocenters. The zero-order valence-corrected chi connectivity index (χ0v) is 21.4. The second kappa shape index (κ2) is 14.3. The van der Waals surface area contributed by atoms with E-state index in [1.54, 1.807) is 48.5 Å². The van der Waals surface area contributed by atoms with Gasteiger partial charge in [0, 0.05) is 22.5 Å². The molecule has 10 heteroatoms. The van der Waals surface area contributed by atoms with Gasteiger partial charge in [0.05, 0.1) is 0 Å². The maximum atomic E-state index is 12.7.